The van der Waals surface area contributed by atoms with Gasteiger partial charge in [-0.1, -0.05) is 54.6 Å². The molecule has 0 spiro atoms. The van der Waals surface area contributed by atoms with Crippen molar-refractivity contribution in [2.75, 3.05) is 0 Å². The van der Waals surface area contributed by atoms with Crippen molar-refractivity contribution in [3.63, 3.8) is 0 Å². The predicted molar refractivity (Wildman–Crippen MR) is 71.8 cm³/mol. The maximum absolute atomic E-state index is 9.75. The normalized spacial score (nSPS) is 11.8. The van der Waals surface area contributed by atoms with Crippen LogP contribution in [0.2, 0.25) is 0 Å². The van der Waals surface area contributed by atoms with Crippen molar-refractivity contribution in [1.29, 1.82) is 5.26 Å². The van der Waals surface area contributed by atoms with Crippen LogP contribution in [-0.2, 0) is 6.42 Å². The van der Waals surface area contributed by atoms with Gasteiger partial charge in [0.2, 0.25) is 0 Å². The number of hydrogen-bond donors (Lipinski definition) is 1. The minimum absolute atomic E-state index is 0.170. The monoisotopic (exact) mass is 237 g/mol. The number of aliphatic hydroxyl groups is 1. The summed E-state index contributed by atoms with van der Waals surface area (Å²) in [5.74, 6) is 0. The van der Waals surface area contributed by atoms with E-state index in [-0.39, 0.29) is 6.42 Å². The molecule has 2 nitrogen and oxygen atoms in total. The lowest BCUT2D eigenvalue weighted by molar-refractivity contribution is 0.180. The molecule has 0 bridgehead atoms. The van der Waals surface area contributed by atoms with Crippen LogP contribution < -0.4 is 0 Å². The lowest BCUT2D eigenvalue weighted by atomic mass is 9.95. The summed E-state index contributed by atoms with van der Waals surface area (Å²) < 4.78 is 0. The fourth-order valence-corrected chi connectivity index (χ4v) is 2.03. The van der Waals surface area contributed by atoms with Gasteiger partial charge in [0.1, 0.15) is 0 Å². The molecule has 0 unspecified atom stereocenters. The van der Waals surface area contributed by atoms with E-state index in [0.29, 0.717) is 6.42 Å². The molecule has 1 N–H and O–H groups in total. The summed E-state index contributed by atoms with van der Waals surface area (Å²) in [5, 5.41) is 18.3. The Hall–Kier alpha value is -2.11. The summed E-state index contributed by atoms with van der Waals surface area (Å²) in [4.78, 5) is 0. The Kier molecular flexibility index (Phi) is 4.11. The van der Waals surface area contributed by atoms with E-state index in [1.807, 2.05) is 48.5 Å². The molecule has 2 rings (SSSR count). The molecule has 0 aliphatic heterocycles. The zero-order chi connectivity index (χ0) is 12.8. The van der Waals surface area contributed by atoms with Crippen LogP contribution in [0.5, 0.6) is 0 Å². The summed E-state index contributed by atoms with van der Waals surface area (Å²) in [6, 6.07) is 20.1. The molecule has 0 saturated heterocycles. The quantitative estimate of drug-likeness (QED) is 0.887. The van der Waals surface area contributed by atoms with E-state index in [1.165, 1.54) is 0 Å². The third-order valence-corrected chi connectivity index (χ3v) is 2.88. The maximum atomic E-state index is 9.75. The number of nitriles is 1. The molecule has 0 amide bonds. The standard InChI is InChI=1S/C16H15NO/c17-11-10-15(18)12-14-8-4-5-9-16(14)13-6-2-1-3-7-13/h1-9,15,18H,10,12H2/t15-/m0/s1. The van der Waals surface area contributed by atoms with E-state index in [0.717, 1.165) is 16.7 Å². The Morgan fingerprint density at radius 2 is 1.67 bits per heavy atom. The smallest absolute Gasteiger partial charge is 0.0710 e. The Balaban J connectivity index is 2.30. The van der Waals surface area contributed by atoms with Gasteiger partial charge in [-0.05, 0) is 23.1 Å². The van der Waals surface area contributed by atoms with Gasteiger partial charge >= 0.3 is 0 Å². The highest BCUT2D eigenvalue weighted by Crippen LogP contribution is 2.24. The van der Waals surface area contributed by atoms with E-state index in [1.54, 1.807) is 0 Å². The van der Waals surface area contributed by atoms with E-state index in [4.69, 9.17) is 5.26 Å². The predicted octanol–water partition coefficient (Wildman–Crippen LogP) is 3.17. The summed E-state index contributed by atoms with van der Waals surface area (Å²) in [6.07, 6.45) is 0.0849. The Morgan fingerprint density at radius 3 is 2.39 bits per heavy atom. The van der Waals surface area contributed by atoms with Gasteiger partial charge in [0.05, 0.1) is 18.6 Å². The highest BCUT2D eigenvalue weighted by atomic mass is 16.3. The molecule has 0 aromatic heterocycles. The molecule has 2 aromatic rings. The number of benzene rings is 2. The van der Waals surface area contributed by atoms with E-state index in [9.17, 15) is 5.11 Å². The maximum Gasteiger partial charge on any atom is 0.0710 e. The molecule has 90 valence electrons. The zero-order valence-corrected chi connectivity index (χ0v) is 10.1. The molecule has 2 heteroatoms. The molecule has 0 aliphatic carbocycles. The first-order valence-corrected chi connectivity index (χ1v) is 5.99. The number of nitrogens with zero attached hydrogens (tertiary/aromatic N) is 1. The summed E-state index contributed by atoms with van der Waals surface area (Å²) in [5.41, 5.74) is 3.33. The minimum atomic E-state index is -0.597. The summed E-state index contributed by atoms with van der Waals surface area (Å²) >= 11 is 0. The van der Waals surface area contributed by atoms with Gasteiger partial charge in [-0.15, -0.1) is 0 Å². The first kappa shape index (κ1) is 12.3. The zero-order valence-electron chi connectivity index (χ0n) is 10.1. The first-order valence-electron chi connectivity index (χ1n) is 5.99. The van der Waals surface area contributed by atoms with Crippen molar-refractivity contribution in [3.05, 3.63) is 60.2 Å². The highest BCUT2D eigenvalue weighted by molar-refractivity contribution is 5.67. The molecule has 0 radical (unpaired) electrons. The average Bonchev–Trinajstić information content (AvgIpc) is 2.40. The summed E-state index contributed by atoms with van der Waals surface area (Å²) in [6.45, 7) is 0. The molecule has 0 aliphatic rings. The van der Waals surface area contributed by atoms with Gasteiger partial charge in [0.25, 0.3) is 0 Å². The second-order valence-corrected chi connectivity index (χ2v) is 4.24. The van der Waals surface area contributed by atoms with Gasteiger partial charge in [0.15, 0.2) is 0 Å². The van der Waals surface area contributed by atoms with Crippen molar-refractivity contribution in [2.45, 2.75) is 18.9 Å². The molecule has 2 aromatic carbocycles. The van der Waals surface area contributed by atoms with Crippen molar-refractivity contribution in [2.24, 2.45) is 0 Å². The Labute approximate surface area is 107 Å². The lowest BCUT2D eigenvalue weighted by Gasteiger charge is -2.12. The first-order chi connectivity index (χ1) is 8.81. The molecule has 1 atom stereocenters. The van der Waals surface area contributed by atoms with Crippen molar-refractivity contribution in [3.8, 4) is 17.2 Å². The van der Waals surface area contributed by atoms with E-state index >= 15 is 0 Å². The number of hydrogen-bond acceptors (Lipinski definition) is 2. The fourth-order valence-electron chi connectivity index (χ4n) is 2.03. The van der Waals surface area contributed by atoms with E-state index < -0.39 is 6.10 Å². The van der Waals surface area contributed by atoms with Crippen molar-refractivity contribution in [1.82, 2.24) is 0 Å². The van der Waals surface area contributed by atoms with Crippen molar-refractivity contribution >= 4 is 0 Å². The van der Waals surface area contributed by atoms with Crippen LogP contribution in [0.3, 0.4) is 0 Å². The van der Waals surface area contributed by atoms with Gasteiger partial charge in [-0.2, -0.15) is 5.26 Å². The number of aliphatic hydroxyl groups excluding tert-OH is 1. The van der Waals surface area contributed by atoms with Gasteiger partial charge < -0.3 is 5.11 Å². The van der Waals surface area contributed by atoms with Crippen LogP contribution in [-0.4, -0.2) is 11.2 Å². The third kappa shape index (κ3) is 2.97. The molecule has 0 fully saturated rings. The van der Waals surface area contributed by atoms with Crippen LogP contribution in [0.1, 0.15) is 12.0 Å². The highest BCUT2D eigenvalue weighted by Gasteiger charge is 2.09. The van der Waals surface area contributed by atoms with Crippen LogP contribution in [0.25, 0.3) is 11.1 Å². The van der Waals surface area contributed by atoms with Gasteiger partial charge in [-0.3, -0.25) is 0 Å². The van der Waals surface area contributed by atoms with Gasteiger partial charge in [-0.25, -0.2) is 0 Å². The summed E-state index contributed by atoms with van der Waals surface area (Å²) in [7, 11) is 0. The Morgan fingerprint density at radius 1 is 1.00 bits per heavy atom. The van der Waals surface area contributed by atoms with E-state index in [2.05, 4.69) is 12.1 Å². The molecule has 0 saturated carbocycles. The molecule has 18 heavy (non-hydrogen) atoms. The fraction of sp³-hybridized carbons (Fsp3) is 0.188. The van der Waals surface area contributed by atoms with Crippen LogP contribution in [0.15, 0.2) is 54.6 Å². The van der Waals surface area contributed by atoms with Crippen molar-refractivity contribution < 1.29 is 5.11 Å². The SMILES string of the molecule is N#CC[C@H](O)Cc1ccccc1-c1ccccc1. The molecular weight excluding hydrogens is 222 g/mol. The second kappa shape index (κ2) is 6.00. The third-order valence-electron chi connectivity index (χ3n) is 2.88. The van der Waals surface area contributed by atoms with Crippen LogP contribution >= 0.6 is 0 Å². The van der Waals surface area contributed by atoms with Crippen LogP contribution in [0.4, 0.5) is 0 Å². The minimum Gasteiger partial charge on any atom is -0.392 e. The topological polar surface area (TPSA) is 44.0 Å². The van der Waals surface area contributed by atoms with Crippen LogP contribution in [0, 0.1) is 11.3 Å². The lowest BCUT2D eigenvalue weighted by Crippen LogP contribution is -2.09. The van der Waals surface area contributed by atoms with Gasteiger partial charge in [0, 0.05) is 0 Å². The largest absolute Gasteiger partial charge is 0.392 e. The molecule has 0 heterocycles. The second-order valence-electron chi connectivity index (χ2n) is 4.24. The molecular formula is C16H15NO. The average molecular weight is 237 g/mol. The Bertz CT molecular complexity index is 543. The number of rotatable bonds is 4.